The standard InChI is InChI=1S/C22H24F3N3O2/c23-22(24,25)30-16-7-8-19-17(14-16)18-15-28(13-9-20(18)26-19)21(29)6-2-1-3-10-27-11-4-5-12-27/h4-5,7-8,11-12,14,26H,1-3,6,9-10,13,15H2. The number of aryl methyl sites for hydroxylation is 1. The molecule has 3 aromatic rings. The first kappa shape index (κ1) is 20.4. The third-order valence-electron chi connectivity index (χ3n) is 5.51. The van der Waals surface area contributed by atoms with Crippen molar-refractivity contribution in [3.05, 3.63) is 54.0 Å². The summed E-state index contributed by atoms with van der Waals surface area (Å²) in [5.74, 6) is -0.151. The van der Waals surface area contributed by atoms with Gasteiger partial charge in [-0.3, -0.25) is 4.79 Å². The Morgan fingerprint density at radius 2 is 1.93 bits per heavy atom. The lowest BCUT2D eigenvalue weighted by atomic mass is 10.0. The lowest BCUT2D eigenvalue weighted by Crippen LogP contribution is -2.35. The minimum Gasteiger partial charge on any atom is -0.406 e. The summed E-state index contributed by atoms with van der Waals surface area (Å²) in [6.45, 7) is 1.98. The average molecular weight is 419 g/mol. The van der Waals surface area contributed by atoms with E-state index in [0.29, 0.717) is 31.3 Å². The van der Waals surface area contributed by atoms with Gasteiger partial charge in [-0.05, 0) is 43.2 Å². The molecule has 5 nitrogen and oxygen atoms in total. The second-order valence-electron chi connectivity index (χ2n) is 7.63. The van der Waals surface area contributed by atoms with Crippen LogP contribution in [-0.4, -0.2) is 33.3 Å². The molecule has 0 spiro atoms. The van der Waals surface area contributed by atoms with Crippen LogP contribution in [0.15, 0.2) is 42.7 Å². The van der Waals surface area contributed by atoms with Gasteiger partial charge in [-0.25, -0.2) is 0 Å². The fourth-order valence-corrected chi connectivity index (χ4v) is 4.03. The fourth-order valence-electron chi connectivity index (χ4n) is 4.03. The molecule has 0 atom stereocenters. The van der Waals surface area contributed by atoms with Crippen LogP contribution in [0.4, 0.5) is 13.2 Å². The Morgan fingerprint density at radius 1 is 1.13 bits per heavy atom. The smallest absolute Gasteiger partial charge is 0.406 e. The van der Waals surface area contributed by atoms with Gasteiger partial charge in [-0.1, -0.05) is 6.42 Å². The summed E-state index contributed by atoms with van der Waals surface area (Å²) >= 11 is 0. The molecule has 0 saturated carbocycles. The number of alkyl halides is 3. The number of hydrogen-bond donors (Lipinski definition) is 1. The SMILES string of the molecule is O=C(CCCCCn1cccc1)N1CCc2[nH]c3ccc(OC(F)(F)F)cc3c2C1. The topological polar surface area (TPSA) is 50.3 Å². The Labute approximate surface area is 172 Å². The summed E-state index contributed by atoms with van der Waals surface area (Å²) in [6, 6.07) is 8.28. The Hall–Kier alpha value is -2.90. The molecule has 0 radical (unpaired) electrons. The maximum Gasteiger partial charge on any atom is 0.573 e. The molecule has 4 rings (SSSR count). The normalized spacial score (nSPS) is 14.2. The average Bonchev–Trinajstić information content (AvgIpc) is 3.33. The summed E-state index contributed by atoms with van der Waals surface area (Å²) in [7, 11) is 0. The summed E-state index contributed by atoms with van der Waals surface area (Å²) in [4.78, 5) is 17.7. The highest BCUT2D eigenvalue weighted by Crippen LogP contribution is 2.32. The molecule has 0 saturated heterocycles. The number of hydrogen-bond acceptors (Lipinski definition) is 2. The maximum atomic E-state index is 12.6. The van der Waals surface area contributed by atoms with Crippen LogP contribution in [0.25, 0.3) is 10.9 Å². The zero-order valence-corrected chi connectivity index (χ0v) is 16.5. The number of nitrogens with zero attached hydrogens (tertiary/aromatic N) is 2. The zero-order valence-electron chi connectivity index (χ0n) is 16.5. The van der Waals surface area contributed by atoms with Crippen molar-refractivity contribution in [2.45, 2.75) is 51.6 Å². The van der Waals surface area contributed by atoms with Gasteiger partial charge in [0.05, 0.1) is 0 Å². The van der Waals surface area contributed by atoms with Crippen LogP contribution in [-0.2, 0) is 24.3 Å². The highest BCUT2D eigenvalue weighted by atomic mass is 19.4. The van der Waals surface area contributed by atoms with Gasteiger partial charge in [-0.15, -0.1) is 13.2 Å². The van der Waals surface area contributed by atoms with Crippen molar-refractivity contribution in [3.63, 3.8) is 0 Å². The number of nitrogens with one attached hydrogen (secondary N) is 1. The van der Waals surface area contributed by atoms with Crippen molar-refractivity contribution in [1.82, 2.24) is 14.5 Å². The number of fused-ring (bicyclic) bond motifs is 3. The van der Waals surface area contributed by atoms with Gasteiger partial charge < -0.3 is 19.2 Å². The number of amides is 1. The minimum atomic E-state index is -4.73. The molecule has 160 valence electrons. The number of aromatic nitrogens is 2. The molecule has 1 amide bonds. The van der Waals surface area contributed by atoms with Crippen molar-refractivity contribution < 1.29 is 22.7 Å². The van der Waals surface area contributed by atoms with Gasteiger partial charge in [-0.2, -0.15) is 0 Å². The third-order valence-corrected chi connectivity index (χ3v) is 5.51. The number of benzene rings is 1. The van der Waals surface area contributed by atoms with E-state index in [0.717, 1.165) is 42.6 Å². The second-order valence-corrected chi connectivity index (χ2v) is 7.63. The van der Waals surface area contributed by atoms with E-state index in [9.17, 15) is 18.0 Å². The molecular formula is C22H24F3N3O2. The van der Waals surface area contributed by atoms with Gasteiger partial charge >= 0.3 is 6.36 Å². The molecule has 0 unspecified atom stereocenters. The number of H-pyrrole nitrogens is 1. The zero-order chi connectivity index (χ0) is 21.1. The lowest BCUT2D eigenvalue weighted by molar-refractivity contribution is -0.274. The molecule has 1 aliphatic heterocycles. The molecule has 1 aliphatic rings. The van der Waals surface area contributed by atoms with E-state index in [2.05, 4.69) is 14.3 Å². The first-order valence-electron chi connectivity index (χ1n) is 10.2. The number of ether oxygens (including phenoxy) is 1. The monoisotopic (exact) mass is 419 g/mol. The molecule has 1 N–H and O–H groups in total. The molecule has 30 heavy (non-hydrogen) atoms. The number of carbonyl (C=O) groups is 1. The largest absolute Gasteiger partial charge is 0.573 e. The van der Waals surface area contributed by atoms with E-state index >= 15 is 0 Å². The van der Waals surface area contributed by atoms with Crippen molar-refractivity contribution in [2.75, 3.05) is 6.54 Å². The van der Waals surface area contributed by atoms with Crippen LogP contribution in [0.3, 0.4) is 0 Å². The molecule has 0 aliphatic carbocycles. The number of carbonyl (C=O) groups excluding carboxylic acids is 1. The van der Waals surface area contributed by atoms with Crippen molar-refractivity contribution in [3.8, 4) is 5.75 Å². The highest BCUT2D eigenvalue weighted by Gasteiger charge is 2.31. The number of aromatic amines is 1. The first-order valence-corrected chi connectivity index (χ1v) is 10.2. The van der Waals surface area contributed by atoms with E-state index in [-0.39, 0.29) is 11.7 Å². The van der Waals surface area contributed by atoms with E-state index in [4.69, 9.17) is 0 Å². The van der Waals surface area contributed by atoms with Crippen LogP contribution in [0.1, 0.15) is 36.9 Å². The van der Waals surface area contributed by atoms with Crippen LogP contribution < -0.4 is 4.74 Å². The summed E-state index contributed by atoms with van der Waals surface area (Å²) in [5.41, 5.74) is 2.61. The molecule has 2 aromatic heterocycles. The van der Waals surface area contributed by atoms with Gasteiger partial charge in [0.2, 0.25) is 5.91 Å². The highest BCUT2D eigenvalue weighted by molar-refractivity contribution is 5.87. The van der Waals surface area contributed by atoms with Crippen LogP contribution >= 0.6 is 0 Å². The fraction of sp³-hybridized carbons (Fsp3) is 0.409. The Kier molecular flexibility index (Phi) is 5.74. The Bertz CT molecular complexity index is 1010. The first-order chi connectivity index (χ1) is 14.4. The molecule has 8 heteroatoms. The van der Waals surface area contributed by atoms with Gasteiger partial charge in [0.15, 0.2) is 0 Å². The molecule has 3 heterocycles. The molecule has 0 bridgehead atoms. The molecule has 1 aromatic carbocycles. The van der Waals surface area contributed by atoms with E-state index < -0.39 is 6.36 Å². The van der Waals surface area contributed by atoms with E-state index in [1.807, 2.05) is 24.5 Å². The Morgan fingerprint density at radius 3 is 2.70 bits per heavy atom. The molecular weight excluding hydrogens is 395 g/mol. The van der Waals surface area contributed by atoms with Crippen LogP contribution in [0.5, 0.6) is 5.75 Å². The van der Waals surface area contributed by atoms with Crippen LogP contribution in [0, 0.1) is 0 Å². The summed E-state index contributed by atoms with van der Waals surface area (Å²) < 4.78 is 43.8. The van der Waals surface area contributed by atoms with Crippen molar-refractivity contribution in [1.29, 1.82) is 0 Å². The summed E-state index contributed by atoms with van der Waals surface area (Å²) in [6.07, 6.45) is 3.33. The molecule has 0 fully saturated rings. The predicted molar refractivity (Wildman–Crippen MR) is 107 cm³/mol. The van der Waals surface area contributed by atoms with Gasteiger partial charge in [0.25, 0.3) is 0 Å². The second kappa shape index (κ2) is 8.45. The van der Waals surface area contributed by atoms with Crippen LogP contribution in [0.2, 0.25) is 0 Å². The lowest BCUT2D eigenvalue weighted by Gasteiger charge is -2.27. The number of halogens is 3. The minimum absolute atomic E-state index is 0.0960. The Balaban J connectivity index is 1.35. The predicted octanol–water partition coefficient (Wildman–Crippen LogP) is 5.01. The quantitative estimate of drug-likeness (QED) is 0.547. The van der Waals surface area contributed by atoms with Crippen molar-refractivity contribution in [2.24, 2.45) is 0 Å². The number of rotatable bonds is 7. The van der Waals surface area contributed by atoms with E-state index in [1.54, 1.807) is 11.0 Å². The number of unbranched alkanes of at least 4 members (excludes halogenated alkanes) is 2. The van der Waals surface area contributed by atoms with E-state index in [1.165, 1.54) is 12.1 Å². The summed E-state index contributed by atoms with van der Waals surface area (Å²) in [5, 5.41) is 0.677. The van der Waals surface area contributed by atoms with Gasteiger partial charge in [0.1, 0.15) is 5.75 Å². The third kappa shape index (κ3) is 4.80. The van der Waals surface area contributed by atoms with Crippen molar-refractivity contribution >= 4 is 16.8 Å². The maximum absolute atomic E-state index is 12.6. The van der Waals surface area contributed by atoms with Gasteiger partial charge in [0, 0.05) is 67.0 Å².